The second-order valence-electron chi connectivity index (χ2n) is 8.87. The van der Waals surface area contributed by atoms with Crippen molar-refractivity contribution in [2.45, 2.75) is 40.9 Å². The molecule has 0 radical (unpaired) electrons. The van der Waals surface area contributed by atoms with Gasteiger partial charge in [0.1, 0.15) is 5.25 Å². The molecule has 3 aromatic rings. The molecular formula is C26H23ClF2N2O2S2. The van der Waals surface area contributed by atoms with E-state index in [-0.39, 0.29) is 44.0 Å². The lowest BCUT2D eigenvalue weighted by Gasteiger charge is -2.40. The number of nitrogens with one attached hydrogen (secondary N) is 1. The molecule has 2 aliphatic heterocycles. The maximum Gasteiger partial charge on any atom is 0.251 e. The standard InChI is InChI=1S/C26H23ClF2N2O2S2/c27-20-3-1-2-4-22(20)35-23-21(32)15-26(30-24(23)33,18-9-14-34-16-18)17-5-7-19(8-6-17)31-12-10-25(28,29)11-13-31/h1-9,14,16,23H,10-13,15H2,(H,30,33). The molecule has 1 N–H and O–H groups in total. The van der Waals surface area contributed by atoms with Crippen LogP contribution in [-0.2, 0) is 15.1 Å². The topological polar surface area (TPSA) is 49.4 Å². The predicted octanol–water partition coefficient (Wildman–Crippen LogP) is 6.13. The number of halogens is 3. The Morgan fingerprint density at radius 2 is 1.71 bits per heavy atom. The lowest BCUT2D eigenvalue weighted by molar-refractivity contribution is -0.132. The van der Waals surface area contributed by atoms with Crippen molar-refractivity contribution in [3.63, 3.8) is 0 Å². The van der Waals surface area contributed by atoms with Crippen molar-refractivity contribution in [2.75, 3.05) is 18.0 Å². The number of Topliss-reactive ketones (excluding diaryl/α,β-unsaturated/α-hetero) is 1. The van der Waals surface area contributed by atoms with E-state index in [1.165, 1.54) is 11.3 Å². The van der Waals surface area contributed by atoms with Crippen LogP contribution < -0.4 is 10.2 Å². The Balaban J connectivity index is 1.42. The summed E-state index contributed by atoms with van der Waals surface area (Å²) in [7, 11) is 0. The monoisotopic (exact) mass is 532 g/mol. The maximum absolute atomic E-state index is 13.6. The molecule has 0 spiro atoms. The first-order valence-electron chi connectivity index (χ1n) is 11.3. The number of amides is 1. The van der Waals surface area contributed by atoms with Gasteiger partial charge in [-0.3, -0.25) is 9.59 Å². The SMILES string of the molecule is O=C1CC(c2ccc(N3CCC(F)(F)CC3)cc2)(c2ccsc2)NC(=O)C1Sc1ccccc1Cl. The van der Waals surface area contributed by atoms with Crippen LogP contribution in [0.2, 0.25) is 5.02 Å². The van der Waals surface area contributed by atoms with Crippen LogP contribution in [0.3, 0.4) is 0 Å². The number of nitrogens with zero attached hydrogens (tertiary/aromatic N) is 1. The summed E-state index contributed by atoms with van der Waals surface area (Å²) in [5.41, 5.74) is 1.49. The van der Waals surface area contributed by atoms with Gasteiger partial charge >= 0.3 is 0 Å². The average molecular weight is 533 g/mol. The van der Waals surface area contributed by atoms with Gasteiger partial charge in [-0.2, -0.15) is 11.3 Å². The number of thioether (sulfide) groups is 1. The molecule has 0 bridgehead atoms. The third kappa shape index (κ3) is 4.84. The van der Waals surface area contributed by atoms with E-state index in [9.17, 15) is 18.4 Å². The summed E-state index contributed by atoms with van der Waals surface area (Å²) >= 11 is 8.92. The van der Waals surface area contributed by atoms with E-state index < -0.39 is 16.7 Å². The summed E-state index contributed by atoms with van der Waals surface area (Å²) in [6.07, 6.45) is -0.224. The second-order valence-corrected chi connectivity index (χ2v) is 11.2. The number of rotatable bonds is 5. The number of hydrogen-bond donors (Lipinski definition) is 1. The predicted molar refractivity (Wildman–Crippen MR) is 137 cm³/mol. The van der Waals surface area contributed by atoms with Gasteiger partial charge in [-0.25, -0.2) is 8.78 Å². The fourth-order valence-electron chi connectivity index (χ4n) is 4.68. The molecule has 2 unspecified atom stereocenters. The quantitative estimate of drug-likeness (QED) is 0.402. The van der Waals surface area contributed by atoms with Gasteiger partial charge < -0.3 is 10.2 Å². The van der Waals surface area contributed by atoms with Crippen molar-refractivity contribution in [1.82, 2.24) is 5.32 Å². The molecule has 0 saturated carbocycles. The molecule has 2 aliphatic rings. The smallest absolute Gasteiger partial charge is 0.251 e. The van der Waals surface area contributed by atoms with Crippen molar-refractivity contribution < 1.29 is 18.4 Å². The maximum atomic E-state index is 13.6. The van der Waals surface area contributed by atoms with E-state index in [1.807, 2.05) is 52.1 Å². The van der Waals surface area contributed by atoms with Crippen LogP contribution in [0, 0.1) is 0 Å². The molecule has 2 fully saturated rings. The van der Waals surface area contributed by atoms with Crippen molar-refractivity contribution in [1.29, 1.82) is 0 Å². The van der Waals surface area contributed by atoms with Crippen LogP contribution >= 0.6 is 34.7 Å². The van der Waals surface area contributed by atoms with E-state index in [0.717, 1.165) is 28.6 Å². The Kier molecular flexibility index (Phi) is 6.63. The van der Waals surface area contributed by atoms with Gasteiger partial charge in [0.15, 0.2) is 5.78 Å². The summed E-state index contributed by atoms with van der Waals surface area (Å²) in [5, 5.41) is 6.61. The van der Waals surface area contributed by atoms with Gasteiger partial charge in [0.25, 0.3) is 5.92 Å². The van der Waals surface area contributed by atoms with Crippen molar-refractivity contribution in [2.24, 2.45) is 0 Å². The van der Waals surface area contributed by atoms with E-state index in [4.69, 9.17) is 11.6 Å². The van der Waals surface area contributed by atoms with Crippen LogP contribution in [0.25, 0.3) is 0 Å². The minimum Gasteiger partial charge on any atom is -0.371 e. The van der Waals surface area contributed by atoms with Gasteiger partial charge in [-0.15, -0.1) is 11.8 Å². The molecule has 3 heterocycles. The Labute approximate surface area is 215 Å². The lowest BCUT2D eigenvalue weighted by Crippen LogP contribution is -2.57. The third-order valence-electron chi connectivity index (χ3n) is 6.62. The molecule has 1 aromatic heterocycles. The average Bonchev–Trinajstić information content (AvgIpc) is 3.38. The Morgan fingerprint density at radius 1 is 1.00 bits per heavy atom. The molecule has 5 rings (SSSR count). The summed E-state index contributed by atoms with van der Waals surface area (Å²) < 4.78 is 27.1. The molecular weight excluding hydrogens is 510 g/mol. The third-order valence-corrected chi connectivity index (χ3v) is 9.07. The normalized spacial score (nSPS) is 24.3. The molecule has 1 amide bonds. The Hall–Kier alpha value is -2.42. The van der Waals surface area contributed by atoms with Crippen LogP contribution in [0.1, 0.15) is 30.4 Å². The second kappa shape index (κ2) is 9.56. The minimum atomic E-state index is -2.61. The molecule has 182 valence electrons. The number of thiophene rings is 1. The van der Waals surface area contributed by atoms with E-state index in [2.05, 4.69) is 5.32 Å². The van der Waals surface area contributed by atoms with E-state index in [1.54, 1.807) is 18.2 Å². The minimum absolute atomic E-state index is 0.104. The van der Waals surface area contributed by atoms with Crippen molar-refractivity contribution in [3.05, 3.63) is 81.5 Å². The van der Waals surface area contributed by atoms with Crippen LogP contribution in [0.4, 0.5) is 14.5 Å². The first-order chi connectivity index (χ1) is 16.8. The van der Waals surface area contributed by atoms with Crippen LogP contribution in [0.5, 0.6) is 0 Å². The molecule has 2 atom stereocenters. The van der Waals surface area contributed by atoms with E-state index >= 15 is 0 Å². The van der Waals surface area contributed by atoms with E-state index in [0.29, 0.717) is 9.92 Å². The van der Waals surface area contributed by atoms with Gasteiger partial charge in [0, 0.05) is 42.9 Å². The number of piperidine rings is 2. The number of hydrogen-bond acceptors (Lipinski definition) is 5. The number of carbonyl (C=O) groups is 2. The Morgan fingerprint density at radius 3 is 2.34 bits per heavy atom. The van der Waals surface area contributed by atoms with Crippen molar-refractivity contribution in [3.8, 4) is 0 Å². The number of ketones is 1. The van der Waals surface area contributed by atoms with Gasteiger partial charge in [-0.1, -0.05) is 35.9 Å². The van der Waals surface area contributed by atoms with Gasteiger partial charge in [0.05, 0.1) is 10.6 Å². The fourth-order valence-corrected chi connectivity index (χ4v) is 6.65. The molecule has 2 saturated heterocycles. The molecule has 4 nitrogen and oxygen atoms in total. The van der Waals surface area contributed by atoms with Gasteiger partial charge in [0.2, 0.25) is 5.91 Å². The van der Waals surface area contributed by atoms with Crippen LogP contribution in [0.15, 0.2) is 70.3 Å². The zero-order valence-corrected chi connectivity index (χ0v) is 21.1. The molecule has 2 aromatic carbocycles. The number of anilines is 1. The number of alkyl halides is 2. The highest BCUT2D eigenvalue weighted by atomic mass is 35.5. The zero-order chi connectivity index (χ0) is 24.6. The summed E-state index contributed by atoms with van der Waals surface area (Å²) in [6, 6.07) is 16.6. The highest BCUT2D eigenvalue weighted by Gasteiger charge is 2.47. The van der Waals surface area contributed by atoms with Crippen LogP contribution in [-0.4, -0.2) is 36.0 Å². The highest BCUT2D eigenvalue weighted by molar-refractivity contribution is 8.01. The fraction of sp³-hybridized carbons (Fsp3) is 0.308. The summed E-state index contributed by atoms with van der Waals surface area (Å²) in [6.45, 7) is 0.580. The Bertz CT molecular complexity index is 1210. The largest absolute Gasteiger partial charge is 0.371 e. The summed E-state index contributed by atoms with van der Waals surface area (Å²) in [4.78, 5) is 29.3. The lowest BCUT2D eigenvalue weighted by atomic mass is 9.77. The summed E-state index contributed by atoms with van der Waals surface area (Å²) in [5.74, 6) is -3.14. The number of benzene rings is 2. The first-order valence-corrected chi connectivity index (χ1v) is 13.5. The van der Waals surface area contributed by atoms with Gasteiger partial charge in [-0.05, 0) is 52.2 Å². The molecule has 35 heavy (non-hydrogen) atoms. The molecule has 0 aliphatic carbocycles. The molecule has 9 heteroatoms. The number of carbonyl (C=O) groups excluding carboxylic acids is 2. The van der Waals surface area contributed by atoms with Crippen molar-refractivity contribution >= 4 is 52.1 Å². The zero-order valence-electron chi connectivity index (χ0n) is 18.7. The highest BCUT2D eigenvalue weighted by Crippen LogP contribution is 2.42. The first kappa shape index (κ1) is 24.3.